The summed E-state index contributed by atoms with van der Waals surface area (Å²) < 4.78 is 5.74. The van der Waals surface area contributed by atoms with Gasteiger partial charge in [-0.1, -0.05) is 36.8 Å². The Morgan fingerprint density at radius 1 is 1.35 bits per heavy atom. The van der Waals surface area contributed by atoms with Crippen LogP contribution >= 0.6 is 0 Å². The Kier molecular flexibility index (Phi) is 5.58. The first-order valence-corrected chi connectivity index (χ1v) is 7.78. The molecule has 0 aromatic heterocycles. The molecule has 0 saturated carbocycles. The molecule has 1 aromatic carbocycles. The maximum Gasteiger partial charge on any atom is 0.0674 e. The Morgan fingerprint density at radius 2 is 2.05 bits per heavy atom. The Balaban J connectivity index is 1.88. The fraction of sp³-hybridized carbons (Fsp3) is 0.647. The highest BCUT2D eigenvalue weighted by Gasteiger charge is 2.25. The molecule has 0 radical (unpaired) electrons. The first-order chi connectivity index (χ1) is 9.60. The third kappa shape index (κ3) is 4.05. The van der Waals surface area contributed by atoms with Gasteiger partial charge in [0, 0.05) is 25.2 Å². The van der Waals surface area contributed by atoms with Gasteiger partial charge in [0.15, 0.2) is 0 Å². The van der Waals surface area contributed by atoms with Crippen LogP contribution in [0.1, 0.15) is 43.9 Å². The summed E-state index contributed by atoms with van der Waals surface area (Å²) in [6.07, 6.45) is 2.49. The average molecular weight is 276 g/mol. The largest absolute Gasteiger partial charge is 0.376 e. The number of ether oxygens (including phenoxy) is 1. The zero-order chi connectivity index (χ0) is 14.5. The van der Waals surface area contributed by atoms with Crippen LogP contribution in [0.15, 0.2) is 24.3 Å². The molecule has 1 fully saturated rings. The zero-order valence-electron chi connectivity index (χ0n) is 13.0. The SMILES string of the molecule is CCC1COC(C)CN1CCC(N)c1ccc(C)cc1. The molecular formula is C17H28N2O. The molecule has 1 aliphatic rings. The third-order valence-electron chi connectivity index (χ3n) is 4.29. The van der Waals surface area contributed by atoms with Gasteiger partial charge in [0.25, 0.3) is 0 Å². The highest BCUT2D eigenvalue weighted by atomic mass is 16.5. The van der Waals surface area contributed by atoms with Gasteiger partial charge in [-0.2, -0.15) is 0 Å². The van der Waals surface area contributed by atoms with Gasteiger partial charge in [0.1, 0.15) is 0 Å². The van der Waals surface area contributed by atoms with Crippen molar-refractivity contribution in [3.05, 3.63) is 35.4 Å². The average Bonchev–Trinajstić information content (AvgIpc) is 2.45. The lowest BCUT2D eigenvalue weighted by Crippen LogP contribution is -2.49. The quantitative estimate of drug-likeness (QED) is 0.898. The van der Waals surface area contributed by atoms with Crippen molar-refractivity contribution in [3.63, 3.8) is 0 Å². The van der Waals surface area contributed by atoms with Crippen LogP contribution in [0.25, 0.3) is 0 Å². The van der Waals surface area contributed by atoms with Gasteiger partial charge in [-0.25, -0.2) is 0 Å². The fourth-order valence-electron chi connectivity index (χ4n) is 2.85. The zero-order valence-corrected chi connectivity index (χ0v) is 13.0. The maximum atomic E-state index is 6.33. The molecule has 0 aliphatic carbocycles. The van der Waals surface area contributed by atoms with Gasteiger partial charge < -0.3 is 10.5 Å². The second-order valence-corrected chi connectivity index (χ2v) is 6.01. The molecule has 1 saturated heterocycles. The van der Waals surface area contributed by atoms with E-state index in [9.17, 15) is 0 Å². The van der Waals surface area contributed by atoms with Gasteiger partial charge in [-0.05, 0) is 32.3 Å². The molecule has 3 nitrogen and oxygen atoms in total. The van der Waals surface area contributed by atoms with Crippen molar-refractivity contribution < 1.29 is 4.74 Å². The minimum Gasteiger partial charge on any atom is -0.376 e. The molecule has 2 N–H and O–H groups in total. The molecule has 0 bridgehead atoms. The van der Waals surface area contributed by atoms with E-state index in [4.69, 9.17) is 10.5 Å². The van der Waals surface area contributed by atoms with E-state index in [0.717, 1.165) is 32.5 Å². The Morgan fingerprint density at radius 3 is 2.70 bits per heavy atom. The number of nitrogens with two attached hydrogens (primary N) is 1. The maximum absolute atomic E-state index is 6.33. The van der Waals surface area contributed by atoms with Gasteiger partial charge >= 0.3 is 0 Å². The Hall–Kier alpha value is -0.900. The molecule has 2 rings (SSSR count). The van der Waals surface area contributed by atoms with Crippen LogP contribution in [0.5, 0.6) is 0 Å². The van der Waals surface area contributed by atoms with E-state index in [1.54, 1.807) is 0 Å². The normalized spacial score (nSPS) is 25.6. The van der Waals surface area contributed by atoms with E-state index in [0.29, 0.717) is 12.1 Å². The monoisotopic (exact) mass is 276 g/mol. The van der Waals surface area contributed by atoms with Crippen molar-refractivity contribution in [3.8, 4) is 0 Å². The first-order valence-electron chi connectivity index (χ1n) is 7.78. The Labute approximate surface area is 123 Å². The highest BCUT2D eigenvalue weighted by molar-refractivity contribution is 5.23. The first kappa shape index (κ1) is 15.5. The van der Waals surface area contributed by atoms with E-state index in [1.165, 1.54) is 11.1 Å². The number of aryl methyl sites for hydroxylation is 1. The number of hydrogen-bond acceptors (Lipinski definition) is 3. The molecule has 3 heteroatoms. The van der Waals surface area contributed by atoms with Crippen molar-refractivity contribution in [1.82, 2.24) is 4.90 Å². The van der Waals surface area contributed by atoms with Gasteiger partial charge in [0.2, 0.25) is 0 Å². The summed E-state index contributed by atoms with van der Waals surface area (Å²) in [4.78, 5) is 2.54. The van der Waals surface area contributed by atoms with Crippen LogP contribution in [0.2, 0.25) is 0 Å². The van der Waals surface area contributed by atoms with Crippen LogP contribution in [0.3, 0.4) is 0 Å². The minimum atomic E-state index is 0.131. The number of benzene rings is 1. The lowest BCUT2D eigenvalue weighted by atomic mass is 10.0. The lowest BCUT2D eigenvalue weighted by molar-refractivity contribution is -0.0564. The topological polar surface area (TPSA) is 38.5 Å². The van der Waals surface area contributed by atoms with Crippen LogP contribution in [0.4, 0.5) is 0 Å². The number of rotatable bonds is 5. The molecule has 0 amide bonds. The van der Waals surface area contributed by atoms with Crippen molar-refractivity contribution in [2.24, 2.45) is 5.73 Å². The van der Waals surface area contributed by atoms with Gasteiger partial charge in [0.05, 0.1) is 12.7 Å². The van der Waals surface area contributed by atoms with E-state index >= 15 is 0 Å². The Bertz CT molecular complexity index is 404. The fourth-order valence-corrected chi connectivity index (χ4v) is 2.85. The second kappa shape index (κ2) is 7.21. The lowest BCUT2D eigenvalue weighted by Gasteiger charge is -2.38. The van der Waals surface area contributed by atoms with E-state index in [1.807, 2.05) is 0 Å². The summed E-state index contributed by atoms with van der Waals surface area (Å²) in [5, 5.41) is 0. The third-order valence-corrected chi connectivity index (χ3v) is 4.29. The number of morpholine rings is 1. The van der Waals surface area contributed by atoms with Crippen molar-refractivity contribution in [2.45, 2.75) is 51.8 Å². The summed E-state index contributed by atoms with van der Waals surface area (Å²) in [7, 11) is 0. The summed E-state index contributed by atoms with van der Waals surface area (Å²) >= 11 is 0. The standard InChI is InChI=1S/C17H28N2O/c1-4-16-12-20-14(3)11-19(16)10-9-17(18)15-7-5-13(2)6-8-15/h5-8,14,16-17H,4,9-12,18H2,1-3H3. The number of hydrogen-bond donors (Lipinski definition) is 1. The van der Waals surface area contributed by atoms with Crippen molar-refractivity contribution in [2.75, 3.05) is 19.7 Å². The van der Waals surface area contributed by atoms with E-state index < -0.39 is 0 Å². The predicted molar refractivity (Wildman–Crippen MR) is 83.8 cm³/mol. The van der Waals surface area contributed by atoms with Crippen molar-refractivity contribution in [1.29, 1.82) is 0 Å². The molecule has 1 aromatic rings. The molecular weight excluding hydrogens is 248 g/mol. The van der Waals surface area contributed by atoms with Gasteiger partial charge in [-0.3, -0.25) is 4.90 Å². The highest BCUT2D eigenvalue weighted by Crippen LogP contribution is 2.19. The molecule has 20 heavy (non-hydrogen) atoms. The van der Waals surface area contributed by atoms with Crippen LogP contribution in [-0.2, 0) is 4.74 Å². The molecule has 3 unspecified atom stereocenters. The van der Waals surface area contributed by atoms with E-state index in [2.05, 4.69) is 49.9 Å². The summed E-state index contributed by atoms with van der Waals surface area (Å²) in [5.41, 5.74) is 8.85. The van der Waals surface area contributed by atoms with E-state index in [-0.39, 0.29) is 6.04 Å². The van der Waals surface area contributed by atoms with Gasteiger partial charge in [-0.15, -0.1) is 0 Å². The molecule has 1 heterocycles. The molecule has 0 spiro atoms. The smallest absolute Gasteiger partial charge is 0.0674 e. The number of nitrogens with zero attached hydrogens (tertiary/aromatic N) is 1. The minimum absolute atomic E-state index is 0.131. The molecule has 112 valence electrons. The summed E-state index contributed by atoms with van der Waals surface area (Å²) in [6.45, 7) is 9.43. The van der Waals surface area contributed by atoms with Crippen LogP contribution in [-0.4, -0.2) is 36.7 Å². The second-order valence-electron chi connectivity index (χ2n) is 6.01. The molecule has 3 atom stereocenters. The summed E-state index contributed by atoms with van der Waals surface area (Å²) in [6, 6.07) is 9.27. The van der Waals surface area contributed by atoms with Crippen molar-refractivity contribution >= 4 is 0 Å². The van der Waals surface area contributed by atoms with Crippen LogP contribution < -0.4 is 5.73 Å². The molecule has 1 aliphatic heterocycles. The predicted octanol–water partition coefficient (Wildman–Crippen LogP) is 2.88. The van der Waals surface area contributed by atoms with Crippen LogP contribution in [0, 0.1) is 6.92 Å². The summed E-state index contributed by atoms with van der Waals surface area (Å²) in [5.74, 6) is 0.